The Morgan fingerprint density at radius 3 is 2.72 bits per heavy atom. The van der Waals surface area contributed by atoms with Crippen molar-refractivity contribution in [3.05, 3.63) is 19.8 Å². The van der Waals surface area contributed by atoms with Crippen LogP contribution >= 0.6 is 38.9 Å². The lowest BCUT2D eigenvalue weighted by atomic mass is 9.82. The van der Waals surface area contributed by atoms with E-state index in [0.29, 0.717) is 17.2 Å². The Morgan fingerprint density at radius 2 is 2.28 bits per heavy atom. The Balaban J connectivity index is 2.68. The summed E-state index contributed by atoms with van der Waals surface area (Å²) in [6, 6.07) is 1.81. The SMILES string of the molecule is COC(=O)CC(C)(C)CC(N)c1cc(Br)c(Cl)s1. The number of esters is 1. The fourth-order valence-electron chi connectivity index (χ4n) is 1.78. The van der Waals surface area contributed by atoms with Gasteiger partial charge < -0.3 is 10.5 Å². The van der Waals surface area contributed by atoms with Gasteiger partial charge in [-0.05, 0) is 33.8 Å². The number of rotatable bonds is 5. The van der Waals surface area contributed by atoms with Crippen LogP contribution in [0.15, 0.2) is 10.5 Å². The minimum absolute atomic E-state index is 0.126. The number of thiophene rings is 1. The van der Waals surface area contributed by atoms with Gasteiger partial charge in [0.15, 0.2) is 0 Å². The fourth-order valence-corrected chi connectivity index (χ4v) is 3.51. The summed E-state index contributed by atoms with van der Waals surface area (Å²) < 4.78 is 6.26. The van der Waals surface area contributed by atoms with Crippen molar-refractivity contribution in [1.29, 1.82) is 0 Å². The van der Waals surface area contributed by atoms with Gasteiger partial charge in [0.1, 0.15) is 4.34 Å². The van der Waals surface area contributed by atoms with Gasteiger partial charge in [0.2, 0.25) is 0 Å². The molecule has 0 aliphatic carbocycles. The zero-order valence-electron chi connectivity index (χ0n) is 10.6. The Bertz CT molecular complexity index is 414. The van der Waals surface area contributed by atoms with Gasteiger partial charge in [0.25, 0.3) is 0 Å². The van der Waals surface area contributed by atoms with Gasteiger partial charge in [-0.15, -0.1) is 11.3 Å². The highest BCUT2D eigenvalue weighted by Gasteiger charge is 2.26. The third-order valence-corrected chi connectivity index (χ3v) is 5.26. The number of carbonyl (C=O) groups excluding carboxylic acids is 1. The second-order valence-corrected chi connectivity index (χ2v) is 7.54. The van der Waals surface area contributed by atoms with Crippen LogP contribution in [-0.4, -0.2) is 13.1 Å². The molecular weight excluding hydrogens is 338 g/mol. The van der Waals surface area contributed by atoms with Crippen LogP contribution in [0.1, 0.15) is 37.6 Å². The summed E-state index contributed by atoms with van der Waals surface area (Å²) >= 11 is 10.8. The maximum Gasteiger partial charge on any atom is 0.306 e. The zero-order chi connectivity index (χ0) is 13.9. The van der Waals surface area contributed by atoms with Crippen molar-refractivity contribution in [1.82, 2.24) is 0 Å². The number of nitrogens with two attached hydrogens (primary N) is 1. The molecule has 1 aromatic heterocycles. The van der Waals surface area contributed by atoms with E-state index in [4.69, 9.17) is 22.1 Å². The molecule has 2 N–H and O–H groups in total. The van der Waals surface area contributed by atoms with E-state index < -0.39 is 0 Å². The maximum absolute atomic E-state index is 11.3. The van der Waals surface area contributed by atoms with E-state index in [1.54, 1.807) is 0 Å². The molecule has 18 heavy (non-hydrogen) atoms. The molecule has 6 heteroatoms. The summed E-state index contributed by atoms with van der Waals surface area (Å²) in [6.07, 6.45) is 1.06. The molecule has 1 unspecified atom stereocenters. The predicted molar refractivity (Wildman–Crippen MR) is 79.0 cm³/mol. The van der Waals surface area contributed by atoms with E-state index in [1.807, 2.05) is 19.9 Å². The number of hydrogen-bond acceptors (Lipinski definition) is 4. The first-order valence-corrected chi connectivity index (χ1v) is 7.51. The maximum atomic E-state index is 11.3. The van der Waals surface area contributed by atoms with Crippen molar-refractivity contribution in [2.45, 2.75) is 32.7 Å². The third kappa shape index (κ3) is 4.53. The van der Waals surface area contributed by atoms with Gasteiger partial charge in [-0.3, -0.25) is 4.79 Å². The summed E-state index contributed by atoms with van der Waals surface area (Å²) in [7, 11) is 1.40. The van der Waals surface area contributed by atoms with Crippen molar-refractivity contribution in [2.75, 3.05) is 7.11 Å². The number of hydrogen-bond donors (Lipinski definition) is 1. The highest BCUT2D eigenvalue weighted by Crippen LogP contribution is 2.39. The van der Waals surface area contributed by atoms with Crippen LogP contribution in [0.2, 0.25) is 4.34 Å². The molecule has 3 nitrogen and oxygen atoms in total. The summed E-state index contributed by atoms with van der Waals surface area (Å²) in [5, 5.41) is 0. The molecule has 0 bridgehead atoms. The van der Waals surface area contributed by atoms with Crippen molar-refractivity contribution in [2.24, 2.45) is 11.1 Å². The molecule has 1 atom stereocenters. The molecule has 102 valence electrons. The molecule has 1 aromatic rings. The number of ether oxygens (including phenoxy) is 1. The Labute approximate surface area is 125 Å². The van der Waals surface area contributed by atoms with Crippen molar-refractivity contribution >= 4 is 44.8 Å². The van der Waals surface area contributed by atoms with Crippen LogP contribution in [0.5, 0.6) is 0 Å². The molecule has 0 aliphatic heterocycles. The largest absolute Gasteiger partial charge is 0.469 e. The average Bonchev–Trinajstić information content (AvgIpc) is 2.58. The summed E-state index contributed by atoms with van der Waals surface area (Å²) in [4.78, 5) is 12.3. The number of carbonyl (C=O) groups is 1. The summed E-state index contributed by atoms with van der Waals surface area (Å²) in [5.41, 5.74) is 5.96. The Kier molecular flexibility index (Phi) is 5.65. The van der Waals surface area contributed by atoms with Crippen LogP contribution < -0.4 is 5.73 Å². The second kappa shape index (κ2) is 6.37. The van der Waals surface area contributed by atoms with Gasteiger partial charge in [0, 0.05) is 15.4 Å². The van der Waals surface area contributed by atoms with Gasteiger partial charge in [-0.1, -0.05) is 25.4 Å². The van der Waals surface area contributed by atoms with Crippen molar-refractivity contribution < 1.29 is 9.53 Å². The minimum Gasteiger partial charge on any atom is -0.469 e. The second-order valence-electron chi connectivity index (χ2n) is 5.00. The molecule has 0 saturated heterocycles. The summed E-state index contributed by atoms with van der Waals surface area (Å²) in [6.45, 7) is 4.02. The lowest BCUT2D eigenvalue weighted by molar-refractivity contribution is -0.143. The molecule has 0 fully saturated rings. The smallest absolute Gasteiger partial charge is 0.306 e. The summed E-state index contributed by atoms with van der Waals surface area (Å²) in [5.74, 6) is -0.211. The van der Waals surface area contributed by atoms with Crippen LogP contribution in [-0.2, 0) is 9.53 Å². The van der Waals surface area contributed by atoms with E-state index >= 15 is 0 Å². The van der Waals surface area contributed by atoms with Gasteiger partial charge in [0.05, 0.1) is 13.5 Å². The third-order valence-electron chi connectivity index (χ3n) is 2.65. The molecule has 0 spiro atoms. The standard InChI is InChI=1S/C12H17BrClNO2S/c1-12(2,6-10(16)17-3)5-8(15)9-4-7(13)11(14)18-9/h4,8H,5-6,15H2,1-3H3. The predicted octanol–water partition coefficient (Wildman–Crippen LogP) is 4.14. The topological polar surface area (TPSA) is 52.3 Å². The first-order chi connectivity index (χ1) is 8.25. The molecule has 0 aromatic carbocycles. The highest BCUT2D eigenvalue weighted by atomic mass is 79.9. The molecule has 0 aliphatic rings. The van der Waals surface area contributed by atoms with Crippen LogP contribution in [0.4, 0.5) is 0 Å². The highest BCUT2D eigenvalue weighted by molar-refractivity contribution is 9.10. The Morgan fingerprint density at radius 1 is 1.67 bits per heavy atom. The zero-order valence-corrected chi connectivity index (χ0v) is 13.8. The lowest BCUT2D eigenvalue weighted by Crippen LogP contribution is -2.24. The normalized spacial score (nSPS) is 13.4. The molecule has 1 rings (SSSR count). The minimum atomic E-state index is -0.211. The molecule has 1 heterocycles. The van der Waals surface area contributed by atoms with Crippen LogP contribution in [0.3, 0.4) is 0 Å². The number of methoxy groups -OCH3 is 1. The van der Waals surface area contributed by atoms with Crippen molar-refractivity contribution in [3.8, 4) is 0 Å². The first-order valence-electron chi connectivity index (χ1n) is 5.52. The Hall–Kier alpha value is -0.100. The van der Waals surface area contributed by atoms with E-state index in [1.165, 1.54) is 18.4 Å². The average molecular weight is 355 g/mol. The quantitative estimate of drug-likeness (QED) is 0.808. The van der Waals surface area contributed by atoms with E-state index in [0.717, 1.165) is 9.35 Å². The van der Waals surface area contributed by atoms with E-state index in [2.05, 4.69) is 15.9 Å². The van der Waals surface area contributed by atoms with E-state index in [-0.39, 0.29) is 17.4 Å². The first kappa shape index (κ1) is 16.0. The van der Waals surface area contributed by atoms with E-state index in [9.17, 15) is 4.79 Å². The lowest BCUT2D eigenvalue weighted by Gasteiger charge is -2.26. The fraction of sp³-hybridized carbons (Fsp3) is 0.583. The van der Waals surface area contributed by atoms with Crippen LogP contribution in [0.25, 0.3) is 0 Å². The molecule has 0 radical (unpaired) electrons. The molecular formula is C12H17BrClNO2S. The molecule has 0 saturated carbocycles. The molecule has 0 amide bonds. The van der Waals surface area contributed by atoms with Crippen LogP contribution in [0, 0.1) is 5.41 Å². The number of halogens is 2. The van der Waals surface area contributed by atoms with Gasteiger partial charge >= 0.3 is 5.97 Å². The van der Waals surface area contributed by atoms with Gasteiger partial charge in [-0.2, -0.15) is 0 Å². The monoisotopic (exact) mass is 353 g/mol. The van der Waals surface area contributed by atoms with Crippen molar-refractivity contribution in [3.63, 3.8) is 0 Å². The van der Waals surface area contributed by atoms with Gasteiger partial charge in [-0.25, -0.2) is 0 Å².